The van der Waals surface area contributed by atoms with E-state index >= 15 is 0 Å². The molecular formula is C16H19NO2. The van der Waals surface area contributed by atoms with Crippen LogP contribution in [0.4, 0.5) is 0 Å². The first-order chi connectivity index (χ1) is 9.34. The molecule has 2 aromatic rings. The Kier molecular flexibility index (Phi) is 3.56. The number of benzene rings is 1. The smallest absolute Gasteiger partial charge is 0.124 e. The zero-order valence-electron chi connectivity index (χ0n) is 11.1. The van der Waals surface area contributed by atoms with E-state index in [1.54, 1.807) is 6.26 Å². The minimum atomic E-state index is 0.361. The summed E-state index contributed by atoms with van der Waals surface area (Å²) in [6.07, 6.45) is 2.64. The highest BCUT2D eigenvalue weighted by atomic mass is 16.5. The third-order valence-electron chi connectivity index (χ3n) is 3.64. The van der Waals surface area contributed by atoms with Gasteiger partial charge in [0.1, 0.15) is 11.5 Å². The summed E-state index contributed by atoms with van der Waals surface area (Å²) in [6, 6.07) is 12.6. The van der Waals surface area contributed by atoms with Gasteiger partial charge in [-0.3, -0.25) is 0 Å². The molecule has 1 aliphatic heterocycles. The number of nitrogens with one attached hydrogen (secondary N) is 1. The van der Waals surface area contributed by atoms with Crippen molar-refractivity contribution in [3.63, 3.8) is 0 Å². The second kappa shape index (κ2) is 5.49. The Hall–Kier alpha value is -1.74. The van der Waals surface area contributed by atoms with E-state index in [1.807, 2.05) is 24.3 Å². The average molecular weight is 257 g/mol. The summed E-state index contributed by atoms with van der Waals surface area (Å²) in [7, 11) is 0. The molecule has 3 rings (SSSR count). The maximum atomic E-state index is 5.76. The molecule has 2 heterocycles. The van der Waals surface area contributed by atoms with Crippen LogP contribution in [0.15, 0.2) is 47.1 Å². The first-order valence-corrected chi connectivity index (χ1v) is 6.82. The van der Waals surface area contributed by atoms with Gasteiger partial charge in [-0.2, -0.15) is 0 Å². The van der Waals surface area contributed by atoms with Crippen LogP contribution in [0.2, 0.25) is 0 Å². The van der Waals surface area contributed by atoms with Gasteiger partial charge in [0.15, 0.2) is 0 Å². The molecule has 2 unspecified atom stereocenters. The standard InChI is InChI=1S/C16H19NO2/c1-12-11-19-15-7-3-2-6-14(15)16(12)17-9-8-13-5-4-10-18-13/h2-7,10,12,16-17H,8-9,11H2,1H3. The van der Waals surface area contributed by atoms with Gasteiger partial charge >= 0.3 is 0 Å². The van der Waals surface area contributed by atoms with Crippen molar-refractivity contribution in [1.29, 1.82) is 0 Å². The van der Waals surface area contributed by atoms with Crippen molar-refractivity contribution < 1.29 is 9.15 Å². The second-order valence-corrected chi connectivity index (χ2v) is 5.09. The fourth-order valence-corrected chi connectivity index (χ4v) is 2.61. The van der Waals surface area contributed by atoms with Crippen molar-refractivity contribution in [3.8, 4) is 5.75 Å². The molecule has 1 aromatic heterocycles. The molecule has 0 radical (unpaired) electrons. The zero-order valence-corrected chi connectivity index (χ0v) is 11.1. The zero-order chi connectivity index (χ0) is 13.1. The Morgan fingerprint density at radius 2 is 2.11 bits per heavy atom. The molecule has 1 aromatic carbocycles. The lowest BCUT2D eigenvalue weighted by Gasteiger charge is -2.32. The first kappa shape index (κ1) is 12.3. The van der Waals surface area contributed by atoms with Gasteiger partial charge < -0.3 is 14.5 Å². The van der Waals surface area contributed by atoms with Gasteiger partial charge in [0.2, 0.25) is 0 Å². The van der Waals surface area contributed by atoms with Gasteiger partial charge in [0, 0.05) is 30.5 Å². The summed E-state index contributed by atoms with van der Waals surface area (Å²) in [6.45, 7) is 3.91. The monoisotopic (exact) mass is 257 g/mol. The van der Waals surface area contributed by atoms with Crippen molar-refractivity contribution in [2.75, 3.05) is 13.2 Å². The molecule has 0 aliphatic carbocycles. The van der Waals surface area contributed by atoms with Crippen molar-refractivity contribution in [2.45, 2.75) is 19.4 Å². The van der Waals surface area contributed by atoms with Gasteiger partial charge in [0.25, 0.3) is 0 Å². The summed E-state index contributed by atoms with van der Waals surface area (Å²) in [5.74, 6) is 2.52. The van der Waals surface area contributed by atoms with Crippen LogP contribution in [0, 0.1) is 5.92 Å². The predicted molar refractivity (Wildman–Crippen MR) is 74.3 cm³/mol. The largest absolute Gasteiger partial charge is 0.493 e. The molecule has 0 saturated carbocycles. The van der Waals surface area contributed by atoms with E-state index in [4.69, 9.17) is 9.15 Å². The maximum absolute atomic E-state index is 5.76. The minimum absolute atomic E-state index is 0.361. The van der Waals surface area contributed by atoms with Gasteiger partial charge in [-0.25, -0.2) is 0 Å². The highest BCUT2D eigenvalue weighted by molar-refractivity contribution is 5.37. The lowest BCUT2D eigenvalue weighted by molar-refractivity contribution is 0.188. The molecule has 100 valence electrons. The lowest BCUT2D eigenvalue weighted by Crippen LogP contribution is -2.34. The molecule has 1 N–H and O–H groups in total. The number of hydrogen-bond donors (Lipinski definition) is 1. The molecule has 3 heteroatoms. The third kappa shape index (κ3) is 2.66. The highest BCUT2D eigenvalue weighted by Crippen LogP contribution is 2.34. The summed E-state index contributed by atoms with van der Waals surface area (Å²) >= 11 is 0. The van der Waals surface area contributed by atoms with E-state index in [0.29, 0.717) is 12.0 Å². The summed E-state index contributed by atoms with van der Waals surface area (Å²) in [5.41, 5.74) is 1.26. The van der Waals surface area contributed by atoms with Crippen LogP contribution in [0.5, 0.6) is 5.75 Å². The predicted octanol–water partition coefficient (Wildman–Crippen LogP) is 3.18. The fourth-order valence-electron chi connectivity index (χ4n) is 2.61. The number of ether oxygens (including phenoxy) is 1. The van der Waals surface area contributed by atoms with Gasteiger partial charge in [-0.05, 0) is 18.2 Å². The van der Waals surface area contributed by atoms with Crippen LogP contribution in [-0.2, 0) is 6.42 Å². The van der Waals surface area contributed by atoms with Crippen LogP contribution in [0.25, 0.3) is 0 Å². The van der Waals surface area contributed by atoms with Crippen LogP contribution in [0.1, 0.15) is 24.3 Å². The van der Waals surface area contributed by atoms with E-state index in [2.05, 4.69) is 24.4 Å². The van der Waals surface area contributed by atoms with Crippen molar-refractivity contribution >= 4 is 0 Å². The molecule has 3 nitrogen and oxygen atoms in total. The maximum Gasteiger partial charge on any atom is 0.124 e. The molecule has 19 heavy (non-hydrogen) atoms. The summed E-state index contributed by atoms with van der Waals surface area (Å²) in [4.78, 5) is 0. The molecule has 2 atom stereocenters. The quantitative estimate of drug-likeness (QED) is 0.913. The van der Waals surface area contributed by atoms with Crippen molar-refractivity contribution in [2.24, 2.45) is 5.92 Å². The van der Waals surface area contributed by atoms with Crippen molar-refractivity contribution in [1.82, 2.24) is 5.32 Å². The number of fused-ring (bicyclic) bond motifs is 1. The molecule has 0 bridgehead atoms. The van der Waals surface area contributed by atoms with Crippen LogP contribution < -0.4 is 10.1 Å². The van der Waals surface area contributed by atoms with E-state index in [1.165, 1.54) is 5.56 Å². The van der Waals surface area contributed by atoms with Gasteiger partial charge in [-0.15, -0.1) is 0 Å². The SMILES string of the molecule is CC1COc2ccccc2C1NCCc1ccco1. The van der Waals surface area contributed by atoms with Crippen LogP contribution in [0.3, 0.4) is 0 Å². The normalized spacial score (nSPS) is 21.7. The Morgan fingerprint density at radius 1 is 1.21 bits per heavy atom. The molecule has 0 saturated heterocycles. The van der Waals surface area contributed by atoms with E-state index < -0.39 is 0 Å². The van der Waals surface area contributed by atoms with E-state index in [-0.39, 0.29) is 0 Å². The Balaban J connectivity index is 1.66. The molecule has 0 spiro atoms. The van der Waals surface area contributed by atoms with Gasteiger partial charge in [-0.1, -0.05) is 25.1 Å². The average Bonchev–Trinajstić information content (AvgIpc) is 2.94. The Morgan fingerprint density at radius 3 is 2.95 bits per heavy atom. The molecule has 0 amide bonds. The molecular weight excluding hydrogens is 238 g/mol. The lowest BCUT2D eigenvalue weighted by atomic mass is 9.92. The summed E-state index contributed by atoms with van der Waals surface area (Å²) in [5, 5.41) is 3.63. The second-order valence-electron chi connectivity index (χ2n) is 5.09. The Bertz CT molecular complexity index is 521. The van der Waals surface area contributed by atoms with Crippen LogP contribution >= 0.6 is 0 Å². The number of hydrogen-bond acceptors (Lipinski definition) is 3. The number of rotatable bonds is 4. The van der Waals surface area contributed by atoms with E-state index in [0.717, 1.165) is 31.1 Å². The van der Waals surface area contributed by atoms with Crippen LogP contribution in [-0.4, -0.2) is 13.2 Å². The summed E-state index contributed by atoms with van der Waals surface area (Å²) < 4.78 is 11.1. The third-order valence-corrected chi connectivity index (χ3v) is 3.64. The molecule has 1 aliphatic rings. The topological polar surface area (TPSA) is 34.4 Å². The van der Waals surface area contributed by atoms with E-state index in [9.17, 15) is 0 Å². The number of furan rings is 1. The van der Waals surface area contributed by atoms with Crippen molar-refractivity contribution in [3.05, 3.63) is 54.0 Å². The minimum Gasteiger partial charge on any atom is -0.493 e. The fraction of sp³-hybridized carbons (Fsp3) is 0.375. The number of para-hydroxylation sites is 1. The first-order valence-electron chi connectivity index (χ1n) is 6.82. The Labute approximate surface area is 113 Å². The van der Waals surface area contributed by atoms with Gasteiger partial charge in [0.05, 0.1) is 12.9 Å². The molecule has 0 fully saturated rings. The highest BCUT2D eigenvalue weighted by Gasteiger charge is 2.26.